The molecule has 1 fully saturated rings. The van der Waals surface area contributed by atoms with Crippen LogP contribution in [0.3, 0.4) is 0 Å². The molecule has 0 aliphatic carbocycles. The summed E-state index contributed by atoms with van der Waals surface area (Å²) in [6, 6.07) is 8.72. The first kappa shape index (κ1) is 18.0. The highest BCUT2D eigenvalue weighted by atomic mass is 35.5. The van der Waals surface area contributed by atoms with Crippen LogP contribution in [0.2, 0.25) is 10.0 Å². The van der Waals surface area contributed by atoms with Gasteiger partial charge in [-0.25, -0.2) is 4.98 Å². The molecule has 1 aromatic heterocycles. The SMILES string of the molecule is CC1(CN)CCN(C(=O)c2cccnc2Nc2ccc(Cl)c(Cl)c2)C1. The van der Waals surface area contributed by atoms with Crippen LogP contribution < -0.4 is 11.1 Å². The highest BCUT2D eigenvalue weighted by Gasteiger charge is 2.35. The van der Waals surface area contributed by atoms with Gasteiger partial charge in [0.2, 0.25) is 0 Å². The molecule has 0 radical (unpaired) electrons. The molecule has 1 aliphatic rings. The molecule has 2 aromatic rings. The molecule has 2 heterocycles. The predicted molar refractivity (Wildman–Crippen MR) is 102 cm³/mol. The topological polar surface area (TPSA) is 71.2 Å². The van der Waals surface area contributed by atoms with Gasteiger partial charge in [0, 0.05) is 25.0 Å². The van der Waals surface area contributed by atoms with Gasteiger partial charge in [-0.05, 0) is 48.7 Å². The molecule has 1 aliphatic heterocycles. The highest BCUT2D eigenvalue weighted by molar-refractivity contribution is 6.42. The standard InChI is InChI=1S/C18H20Cl2N4O/c1-18(10-21)6-8-24(11-18)17(25)13-3-2-7-22-16(13)23-12-4-5-14(19)15(20)9-12/h2-5,7,9H,6,8,10-11,21H2,1H3,(H,22,23). The molecule has 1 saturated heterocycles. The number of carbonyl (C=O) groups is 1. The summed E-state index contributed by atoms with van der Waals surface area (Å²) in [6.07, 6.45) is 2.55. The lowest BCUT2D eigenvalue weighted by Crippen LogP contribution is -2.34. The summed E-state index contributed by atoms with van der Waals surface area (Å²) >= 11 is 12.0. The summed E-state index contributed by atoms with van der Waals surface area (Å²) < 4.78 is 0. The van der Waals surface area contributed by atoms with E-state index in [1.165, 1.54) is 0 Å². The van der Waals surface area contributed by atoms with Crippen LogP contribution >= 0.6 is 23.2 Å². The highest BCUT2D eigenvalue weighted by Crippen LogP contribution is 2.31. The van der Waals surface area contributed by atoms with E-state index < -0.39 is 0 Å². The number of rotatable bonds is 4. The molecule has 0 bridgehead atoms. The van der Waals surface area contributed by atoms with Gasteiger partial charge in [-0.2, -0.15) is 0 Å². The molecule has 25 heavy (non-hydrogen) atoms. The fraction of sp³-hybridized carbons (Fsp3) is 0.333. The quantitative estimate of drug-likeness (QED) is 0.844. The van der Waals surface area contributed by atoms with Crippen molar-refractivity contribution in [3.8, 4) is 0 Å². The summed E-state index contributed by atoms with van der Waals surface area (Å²) in [7, 11) is 0. The average molecular weight is 379 g/mol. The molecule has 7 heteroatoms. The van der Waals surface area contributed by atoms with Crippen LogP contribution in [0.5, 0.6) is 0 Å². The third-order valence-corrected chi connectivity index (χ3v) is 5.30. The number of likely N-dealkylation sites (tertiary alicyclic amines) is 1. The van der Waals surface area contributed by atoms with Crippen LogP contribution in [0.25, 0.3) is 0 Å². The first-order chi connectivity index (χ1) is 11.9. The Morgan fingerprint density at radius 1 is 1.36 bits per heavy atom. The summed E-state index contributed by atoms with van der Waals surface area (Å²) in [4.78, 5) is 19.1. The van der Waals surface area contributed by atoms with E-state index in [0.29, 0.717) is 41.1 Å². The first-order valence-corrected chi connectivity index (χ1v) is 8.84. The number of hydrogen-bond donors (Lipinski definition) is 2. The normalized spacial score (nSPS) is 19.9. The van der Waals surface area contributed by atoms with E-state index in [-0.39, 0.29) is 11.3 Å². The number of halogens is 2. The van der Waals surface area contributed by atoms with Gasteiger partial charge >= 0.3 is 0 Å². The van der Waals surface area contributed by atoms with Gasteiger partial charge in [-0.3, -0.25) is 4.79 Å². The largest absolute Gasteiger partial charge is 0.340 e. The smallest absolute Gasteiger partial charge is 0.257 e. The van der Waals surface area contributed by atoms with E-state index in [0.717, 1.165) is 12.1 Å². The Bertz CT molecular complexity index is 798. The maximum Gasteiger partial charge on any atom is 0.257 e. The number of nitrogens with one attached hydrogen (secondary N) is 1. The van der Waals surface area contributed by atoms with Crippen molar-refractivity contribution in [2.75, 3.05) is 25.0 Å². The summed E-state index contributed by atoms with van der Waals surface area (Å²) in [5.74, 6) is 0.445. The van der Waals surface area contributed by atoms with Crippen LogP contribution in [0.4, 0.5) is 11.5 Å². The Labute approximate surface area is 157 Å². The number of aromatic nitrogens is 1. The lowest BCUT2D eigenvalue weighted by molar-refractivity contribution is 0.0777. The molecule has 1 unspecified atom stereocenters. The zero-order valence-corrected chi connectivity index (χ0v) is 15.4. The van der Waals surface area contributed by atoms with E-state index in [1.54, 1.807) is 36.5 Å². The fourth-order valence-electron chi connectivity index (χ4n) is 2.92. The van der Waals surface area contributed by atoms with Gasteiger partial charge in [-0.15, -0.1) is 0 Å². The molecular weight excluding hydrogens is 359 g/mol. The molecule has 3 rings (SSSR count). The van der Waals surface area contributed by atoms with Crippen molar-refractivity contribution < 1.29 is 4.79 Å². The number of amides is 1. The zero-order valence-electron chi connectivity index (χ0n) is 13.9. The third-order valence-electron chi connectivity index (χ3n) is 4.56. The third kappa shape index (κ3) is 3.89. The number of benzene rings is 1. The van der Waals surface area contributed by atoms with E-state index in [4.69, 9.17) is 28.9 Å². The van der Waals surface area contributed by atoms with Crippen LogP contribution in [0, 0.1) is 5.41 Å². The van der Waals surface area contributed by atoms with Gasteiger partial charge in [0.05, 0.1) is 15.6 Å². The van der Waals surface area contributed by atoms with Crippen molar-refractivity contribution in [1.82, 2.24) is 9.88 Å². The van der Waals surface area contributed by atoms with E-state index in [1.807, 2.05) is 4.90 Å². The van der Waals surface area contributed by atoms with Crippen LogP contribution in [0.1, 0.15) is 23.7 Å². The van der Waals surface area contributed by atoms with Crippen molar-refractivity contribution in [1.29, 1.82) is 0 Å². The minimum absolute atomic E-state index is 0.0187. The molecule has 0 saturated carbocycles. The number of nitrogens with two attached hydrogens (primary N) is 1. The first-order valence-electron chi connectivity index (χ1n) is 8.08. The van der Waals surface area contributed by atoms with Crippen molar-refractivity contribution in [3.05, 3.63) is 52.1 Å². The van der Waals surface area contributed by atoms with Crippen molar-refractivity contribution in [2.24, 2.45) is 11.1 Å². The van der Waals surface area contributed by atoms with Crippen molar-refractivity contribution in [2.45, 2.75) is 13.3 Å². The second kappa shape index (κ2) is 7.20. The van der Waals surface area contributed by atoms with Gasteiger partial charge in [0.25, 0.3) is 5.91 Å². The van der Waals surface area contributed by atoms with Crippen LogP contribution in [0.15, 0.2) is 36.5 Å². The fourth-order valence-corrected chi connectivity index (χ4v) is 3.22. The minimum atomic E-state index is -0.0483. The van der Waals surface area contributed by atoms with E-state index in [2.05, 4.69) is 17.2 Å². The summed E-state index contributed by atoms with van der Waals surface area (Å²) in [5.41, 5.74) is 7.06. The number of anilines is 2. The van der Waals surface area contributed by atoms with Gasteiger partial charge in [0.15, 0.2) is 0 Å². The maximum atomic E-state index is 12.9. The molecule has 1 atom stereocenters. The van der Waals surface area contributed by atoms with E-state index >= 15 is 0 Å². The number of carbonyl (C=O) groups excluding carboxylic acids is 1. The number of hydrogen-bond acceptors (Lipinski definition) is 4. The molecule has 0 spiro atoms. The maximum absolute atomic E-state index is 12.9. The number of nitrogens with zero attached hydrogens (tertiary/aromatic N) is 2. The minimum Gasteiger partial charge on any atom is -0.340 e. The molecule has 3 N–H and O–H groups in total. The lowest BCUT2D eigenvalue weighted by Gasteiger charge is -2.23. The number of pyridine rings is 1. The molecule has 1 amide bonds. The Hall–Kier alpha value is -1.82. The van der Waals surface area contributed by atoms with Gasteiger partial charge in [0.1, 0.15) is 5.82 Å². The van der Waals surface area contributed by atoms with Crippen molar-refractivity contribution in [3.63, 3.8) is 0 Å². The summed E-state index contributed by atoms with van der Waals surface area (Å²) in [6.45, 7) is 4.04. The Morgan fingerprint density at radius 3 is 2.84 bits per heavy atom. The van der Waals surface area contributed by atoms with Crippen LogP contribution in [-0.2, 0) is 0 Å². The molecule has 132 valence electrons. The average Bonchev–Trinajstić information content (AvgIpc) is 3.01. The van der Waals surface area contributed by atoms with Gasteiger partial charge in [-0.1, -0.05) is 30.1 Å². The van der Waals surface area contributed by atoms with Gasteiger partial charge < -0.3 is 16.0 Å². The Kier molecular flexibility index (Phi) is 5.18. The monoisotopic (exact) mass is 378 g/mol. The molecule has 1 aromatic carbocycles. The Morgan fingerprint density at radius 2 is 2.16 bits per heavy atom. The second-order valence-electron chi connectivity index (χ2n) is 6.64. The summed E-state index contributed by atoms with van der Waals surface area (Å²) in [5, 5.41) is 4.07. The lowest BCUT2D eigenvalue weighted by atomic mass is 9.90. The van der Waals surface area contributed by atoms with Crippen molar-refractivity contribution >= 4 is 40.6 Å². The zero-order chi connectivity index (χ0) is 18.0. The predicted octanol–water partition coefficient (Wildman–Crippen LogP) is 3.94. The molecule has 5 nitrogen and oxygen atoms in total. The van der Waals surface area contributed by atoms with E-state index in [9.17, 15) is 4.79 Å². The van der Waals surface area contributed by atoms with Crippen LogP contribution in [-0.4, -0.2) is 35.4 Å². The second-order valence-corrected chi connectivity index (χ2v) is 7.46. The molecular formula is C18H20Cl2N4O. The Balaban J connectivity index is 1.83.